The Balaban J connectivity index is 0.000000727. The summed E-state index contributed by atoms with van der Waals surface area (Å²) in [7, 11) is 1.64. The first-order valence-electron chi connectivity index (χ1n) is 19.4. The number of carbonyl (C=O) groups excluding carboxylic acids is 1. The van der Waals surface area contributed by atoms with E-state index in [1.165, 1.54) is 23.9 Å². The quantitative estimate of drug-likeness (QED) is 0.0586. The molecule has 0 fully saturated rings. The normalized spacial score (nSPS) is 12.1. The van der Waals surface area contributed by atoms with Crippen LogP contribution in [0.4, 0.5) is 4.39 Å². The number of carboxylic acid groups (broad SMARTS) is 2. The summed E-state index contributed by atoms with van der Waals surface area (Å²) in [5.74, 6) is -3.48. The SMILES string of the molecule is CCN(CC)CCN(Cc1ccc(-c2ccc(Cl)cc2)cc1)C(=O)Cn1cc(Cc2cnn(CCOC)c2)c(=O)nc1SCc1ccc(F)cc1.O=C(O)C(O)C(O)C(=O)O. The van der Waals surface area contributed by atoms with Crippen LogP contribution in [-0.2, 0) is 50.9 Å². The standard InChI is InChI=1S/C39H44ClFN6O3S.C4H6O6/c1-4-44(5-2)18-19-45(24-29-6-10-32(11-7-29)33-12-14-35(40)15-13-33)37(48)27-46-26-34(22-31-23-42-47(25-31)20-21-50-3)38(49)43-39(46)51-28-30-8-16-36(41)17-9-30;5-1(3(7)8)2(6)4(9)10/h6-17,23,25-26H,4-5,18-22,24,27-28H2,1-3H3;1-2,5-6H,(H,7,8)(H,9,10). The average Bonchev–Trinajstić information content (AvgIpc) is 3.71. The highest BCUT2D eigenvalue weighted by atomic mass is 35.5. The number of aliphatic hydroxyl groups excluding tert-OH is 2. The van der Waals surface area contributed by atoms with Crippen molar-refractivity contribution in [1.29, 1.82) is 0 Å². The van der Waals surface area contributed by atoms with Gasteiger partial charge in [0.2, 0.25) is 5.91 Å². The maximum atomic E-state index is 14.2. The van der Waals surface area contributed by atoms with Gasteiger partial charge in [0.1, 0.15) is 12.4 Å². The molecule has 0 aliphatic carbocycles. The number of nitrogens with zero attached hydrogens (tertiary/aromatic N) is 6. The number of rotatable bonds is 21. The number of likely N-dealkylation sites (N-methyl/N-ethyl adjacent to an activating group) is 1. The van der Waals surface area contributed by atoms with Gasteiger partial charge in [-0.1, -0.05) is 85.7 Å². The van der Waals surface area contributed by atoms with Crippen molar-refractivity contribution in [2.75, 3.05) is 39.9 Å². The lowest BCUT2D eigenvalue weighted by atomic mass is 10.0. The van der Waals surface area contributed by atoms with E-state index in [0.717, 1.165) is 47.5 Å². The average molecular weight is 881 g/mol. The maximum Gasteiger partial charge on any atom is 0.335 e. The number of amides is 1. The molecular weight excluding hydrogens is 831 g/mol. The number of methoxy groups -OCH3 is 1. The maximum absolute atomic E-state index is 14.2. The van der Waals surface area contributed by atoms with Crippen LogP contribution in [-0.4, -0.2) is 120 Å². The second-order valence-corrected chi connectivity index (χ2v) is 15.2. The third kappa shape index (κ3) is 15.2. The van der Waals surface area contributed by atoms with Crippen molar-refractivity contribution in [2.45, 2.75) is 63.0 Å². The van der Waals surface area contributed by atoms with Gasteiger partial charge in [0.25, 0.3) is 5.56 Å². The van der Waals surface area contributed by atoms with Gasteiger partial charge in [-0.25, -0.2) is 14.0 Å². The first-order valence-corrected chi connectivity index (χ1v) is 20.7. The summed E-state index contributed by atoms with van der Waals surface area (Å²) in [6.07, 6.45) is 1.15. The molecule has 5 aromatic rings. The molecule has 0 bridgehead atoms. The molecule has 2 unspecified atom stereocenters. The van der Waals surface area contributed by atoms with Crippen LogP contribution in [0.3, 0.4) is 0 Å². The van der Waals surface area contributed by atoms with Crippen LogP contribution < -0.4 is 5.56 Å². The van der Waals surface area contributed by atoms with E-state index in [9.17, 15) is 23.6 Å². The largest absolute Gasteiger partial charge is 0.479 e. The molecule has 326 valence electrons. The number of hydrogen-bond acceptors (Lipinski definition) is 11. The Hall–Kier alpha value is -5.43. The monoisotopic (exact) mass is 880 g/mol. The number of aliphatic hydroxyl groups is 2. The van der Waals surface area contributed by atoms with E-state index < -0.39 is 24.1 Å². The van der Waals surface area contributed by atoms with Gasteiger partial charge in [0.15, 0.2) is 17.4 Å². The van der Waals surface area contributed by atoms with Crippen molar-refractivity contribution in [2.24, 2.45) is 0 Å². The van der Waals surface area contributed by atoms with Gasteiger partial charge in [-0.05, 0) is 65.2 Å². The smallest absolute Gasteiger partial charge is 0.335 e. The molecular formula is C43H50ClFN6O9S. The van der Waals surface area contributed by atoms with Gasteiger partial charge in [0, 0.05) is 61.9 Å². The summed E-state index contributed by atoms with van der Waals surface area (Å²) in [6, 6.07) is 22.2. The molecule has 0 aliphatic heterocycles. The minimum Gasteiger partial charge on any atom is -0.479 e. The topological polar surface area (TPSA) is 201 Å². The molecule has 61 heavy (non-hydrogen) atoms. The molecule has 5 rings (SSSR count). The van der Waals surface area contributed by atoms with E-state index in [2.05, 4.69) is 53.1 Å². The van der Waals surface area contributed by atoms with Crippen molar-refractivity contribution in [1.82, 2.24) is 29.1 Å². The zero-order valence-corrected chi connectivity index (χ0v) is 35.6. The number of aliphatic carboxylic acids is 2. The van der Waals surface area contributed by atoms with E-state index in [1.54, 1.807) is 40.9 Å². The molecule has 4 N–H and O–H groups in total. The van der Waals surface area contributed by atoms with Crippen LogP contribution in [0.2, 0.25) is 5.02 Å². The molecule has 0 saturated heterocycles. The second-order valence-electron chi connectivity index (χ2n) is 13.8. The van der Waals surface area contributed by atoms with E-state index in [4.69, 9.17) is 36.8 Å². The Morgan fingerprint density at radius 2 is 1.44 bits per heavy atom. The molecule has 0 aliphatic rings. The highest BCUT2D eigenvalue weighted by molar-refractivity contribution is 7.98. The number of carbonyl (C=O) groups is 3. The first-order chi connectivity index (χ1) is 29.2. The van der Waals surface area contributed by atoms with Gasteiger partial charge >= 0.3 is 11.9 Å². The van der Waals surface area contributed by atoms with Gasteiger partial charge in [0.05, 0.1) is 19.3 Å². The van der Waals surface area contributed by atoms with E-state index in [1.807, 2.05) is 35.4 Å². The van der Waals surface area contributed by atoms with Crippen LogP contribution >= 0.6 is 23.4 Å². The van der Waals surface area contributed by atoms with Crippen LogP contribution in [0.15, 0.2) is 101 Å². The van der Waals surface area contributed by atoms with Gasteiger partial charge in [-0.15, -0.1) is 0 Å². The second kappa shape index (κ2) is 24.1. The van der Waals surface area contributed by atoms with E-state index >= 15 is 0 Å². The number of aromatic nitrogens is 4. The molecule has 2 heterocycles. The van der Waals surface area contributed by atoms with Crippen LogP contribution in [0, 0.1) is 5.82 Å². The van der Waals surface area contributed by atoms with Crippen molar-refractivity contribution >= 4 is 41.2 Å². The molecule has 15 nitrogen and oxygen atoms in total. The Morgan fingerprint density at radius 1 is 0.852 bits per heavy atom. The summed E-state index contributed by atoms with van der Waals surface area (Å²) in [5, 5.41) is 38.0. The Morgan fingerprint density at radius 3 is 2.02 bits per heavy atom. The summed E-state index contributed by atoms with van der Waals surface area (Å²) in [5.41, 5.74) is 4.99. The van der Waals surface area contributed by atoms with Gasteiger partial charge in [-0.3, -0.25) is 14.3 Å². The predicted octanol–water partition coefficient (Wildman–Crippen LogP) is 4.68. The number of hydrogen-bond donors (Lipinski definition) is 4. The molecule has 2 aromatic heterocycles. The third-order valence-electron chi connectivity index (χ3n) is 9.47. The minimum absolute atomic E-state index is 0.000238. The van der Waals surface area contributed by atoms with Crippen molar-refractivity contribution in [3.8, 4) is 11.1 Å². The predicted molar refractivity (Wildman–Crippen MR) is 229 cm³/mol. The van der Waals surface area contributed by atoms with Gasteiger partial charge < -0.3 is 39.5 Å². The van der Waals surface area contributed by atoms with Crippen LogP contribution in [0.5, 0.6) is 0 Å². The van der Waals surface area contributed by atoms with Crippen molar-refractivity contribution in [3.05, 3.63) is 135 Å². The Labute approximate surface area is 362 Å². The lowest BCUT2D eigenvalue weighted by molar-refractivity contribution is -0.165. The van der Waals surface area contributed by atoms with E-state index in [0.29, 0.717) is 54.2 Å². The molecule has 0 radical (unpaired) electrons. The molecule has 1 amide bonds. The van der Waals surface area contributed by atoms with Crippen molar-refractivity contribution in [3.63, 3.8) is 0 Å². The molecule has 2 atom stereocenters. The fourth-order valence-corrected chi connectivity index (χ4v) is 6.94. The number of thioether (sulfide) groups is 1. The fourth-order valence-electron chi connectivity index (χ4n) is 5.90. The van der Waals surface area contributed by atoms with Gasteiger partial charge in [-0.2, -0.15) is 10.1 Å². The lowest BCUT2D eigenvalue weighted by Crippen LogP contribution is -2.40. The molecule has 0 spiro atoms. The number of carboxylic acids is 2. The van der Waals surface area contributed by atoms with Crippen molar-refractivity contribution < 1.29 is 43.9 Å². The first kappa shape index (κ1) is 48.2. The highest BCUT2D eigenvalue weighted by Crippen LogP contribution is 2.24. The molecule has 18 heteroatoms. The van der Waals surface area contributed by atoms with E-state index in [-0.39, 0.29) is 23.8 Å². The zero-order valence-electron chi connectivity index (χ0n) is 34.1. The highest BCUT2D eigenvalue weighted by Gasteiger charge is 2.29. The number of benzene rings is 3. The van der Waals surface area contributed by atoms with Crippen LogP contribution in [0.1, 0.15) is 36.1 Å². The zero-order chi connectivity index (χ0) is 44.5. The Bertz CT molecular complexity index is 2220. The van der Waals surface area contributed by atoms with Crippen LogP contribution in [0.25, 0.3) is 11.1 Å². The molecule has 0 saturated carbocycles. The minimum atomic E-state index is -2.27. The number of ether oxygens (including phenoxy) is 1. The summed E-state index contributed by atoms with van der Waals surface area (Å²) >= 11 is 7.43. The summed E-state index contributed by atoms with van der Waals surface area (Å²) in [4.78, 5) is 55.8. The Kier molecular flexibility index (Phi) is 19.1. The summed E-state index contributed by atoms with van der Waals surface area (Å²) < 4.78 is 22.3. The summed E-state index contributed by atoms with van der Waals surface area (Å²) in [6.45, 7) is 8.82. The lowest BCUT2D eigenvalue weighted by Gasteiger charge is -2.27. The fraction of sp³-hybridized carbons (Fsp3) is 0.349. The third-order valence-corrected chi connectivity index (χ3v) is 10.8. The molecule has 3 aromatic carbocycles. The number of halogens is 2.